The standard InChI is InChI=1S/C20H26ClN5O4/c1-12-17(21)23-20(22-10-13-6-7-15(28-2)9-16(13)29-3)24-18(12)25-26-19(27)14-5-4-8-30-11-14/h6-7,9,14H,4-5,8,10-11H2,1-3H3,(H,26,27)(H2,22,23,24,25)/t14-/m1/s1. The zero-order chi connectivity index (χ0) is 21.5. The summed E-state index contributed by atoms with van der Waals surface area (Å²) in [7, 11) is 3.20. The molecule has 0 radical (unpaired) electrons. The van der Waals surface area contributed by atoms with Crippen LogP contribution in [0, 0.1) is 12.8 Å². The molecule has 162 valence electrons. The number of nitrogens with zero attached hydrogens (tertiary/aromatic N) is 2. The van der Waals surface area contributed by atoms with Crippen molar-refractivity contribution in [3.05, 3.63) is 34.5 Å². The van der Waals surface area contributed by atoms with Gasteiger partial charge < -0.3 is 19.5 Å². The zero-order valence-corrected chi connectivity index (χ0v) is 18.0. The molecule has 3 rings (SSSR count). The van der Waals surface area contributed by atoms with Gasteiger partial charge in [-0.25, -0.2) is 4.98 Å². The number of aromatic nitrogens is 2. The molecule has 1 fully saturated rings. The maximum absolute atomic E-state index is 12.3. The average molecular weight is 436 g/mol. The van der Waals surface area contributed by atoms with Crippen LogP contribution >= 0.6 is 11.6 Å². The number of benzene rings is 1. The van der Waals surface area contributed by atoms with Crippen molar-refractivity contribution in [2.75, 3.05) is 38.2 Å². The Labute approximate surface area is 180 Å². The van der Waals surface area contributed by atoms with E-state index in [0.29, 0.717) is 48.6 Å². The quantitative estimate of drug-likeness (QED) is 0.429. The molecule has 0 bridgehead atoms. The third kappa shape index (κ3) is 5.43. The highest BCUT2D eigenvalue weighted by molar-refractivity contribution is 6.30. The van der Waals surface area contributed by atoms with Gasteiger partial charge in [0.05, 0.1) is 26.7 Å². The van der Waals surface area contributed by atoms with Gasteiger partial charge in [0.15, 0.2) is 5.82 Å². The number of hydrogen-bond acceptors (Lipinski definition) is 8. The van der Waals surface area contributed by atoms with Crippen LogP contribution in [-0.2, 0) is 16.1 Å². The van der Waals surface area contributed by atoms with Crippen molar-refractivity contribution in [2.24, 2.45) is 5.92 Å². The Morgan fingerprint density at radius 3 is 2.83 bits per heavy atom. The first kappa shape index (κ1) is 21.9. The molecule has 0 aliphatic carbocycles. The molecule has 1 amide bonds. The van der Waals surface area contributed by atoms with E-state index in [2.05, 4.69) is 26.1 Å². The molecule has 3 N–H and O–H groups in total. The SMILES string of the molecule is COc1ccc(CNc2nc(Cl)c(C)c(NNC(=O)[C@@H]3CCCOC3)n2)c(OC)c1. The fourth-order valence-corrected chi connectivity index (χ4v) is 3.20. The monoisotopic (exact) mass is 435 g/mol. The summed E-state index contributed by atoms with van der Waals surface area (Å²) in [6, 6.07) is 5.55. The number of methoxy groups -OCH3 is 2. The van der Waals surface area contributed by atoms with E-state index in [1.165, 1.54) is 0 Å². The first-order valence-electron chi connectivity index (χ1n) is 9.64. The maximum Gasteiger partial charge on any atom is 0.243 e. The minimum absolute atomic E-state index is 0.138. The van der Waals surface area contributed by atoms with Gasteiger partial charge in [0.1, 0.15) is 16.7 Å². The highest BCUT2D eigenvalue weighted by atomic mass is 35.5. The van der Waals surface area contributed by atoms with Gasteiger partial charge in [-0.1, -0.05) is 11.6 Å². The minimum atomic E-state index is -0.177. The third-order valence-electron chi connectivity index (χ3n) is 4.85. The van der Waals surface area contributed by atoms with Crippen LogP contribution in [0.5, 0.6) is 11.5 Å². The summed E-state index contributed by atoms with van der Waals surface area (Å²) < 4.78 is 16.0. The van der Waals surface area contributed by atoms with E-state index in [9.17, 15) is 4.79 Å². The molecular formula is C20H26ClN5O4. The number of ether oxygens (including phenoxy) is 3. The first-order chi connectivity index (χ1) is 14.5. The number of hydrogen-bond donors (Lipinski definition) is 3. The Kier molecular flexibility index (Phi) is 7.53. The van der Waals surface area contributed by atoms with Crippen molar-refractivity contribution in [2.45, 2.75) is 26.3 Å². The fraction of sp³-hybridized carbons (Fsp3) is 0.450. The van der Waals surface area contributed by atoms with Gasteiger partial charge in [-0.15, -0.1) is 0 Å². The number of rotatable bonds is 8. The molecule has 1 aromatic carbocycles. The Morgan fingerprint density at radius 1 is 1.30 bits per heavy atom. The van der Waals surface area contributed by atoms with Crippen LogP contribution in [0.2, 0.25) is 5.15 Å². The van der Waals surface area contributed by atoms with Gasteiger partial charge in [0.2, 0.25) is 11.9 Å². The number of hydrazine groups is 1. The summed E-state index contributed by atoms with van der Waals surface area (Å²) in [6.07, 6.45) is 1.67. The van der Waals surface area contributed by atoms with Gasteiger partial charge in [-0.2, -0.15) is 4.98 Å². The second kappa shape index (κ2) is 10.3. The van der Waals surface area contributed by atoms with E-state index in [1.54, 1.807) is 27.2 Å². The van der Waals surface area contributed by atoms with E-state index in [1.807, 2.05) is 12.1 Å². The number of halogens is 1. The summed E-state index contributed by atoms with van der Waals surface area (Å²) in [5.74, 6) is 1.81. The summed E-state index contributed by atoms with van der Waals surface area (Å²) in [6.45, 7) is 3.31. The van der Waals surface area contributed by atoms with Crippen molar-refractivity contribution in [3.8, 4) is 11.5 Å². The van der Waals surface area contributed by atoms with Gasteiger partial charge in [0.25, 0.3) is 0 Å². The molecule has 9 nitrogen and oxygen atoms in total. The molecule has 0 saturated carbocycles. The topological polar surface area (TPSA) is 107 Å². The smallest absolute Gasteiger partial charge is 0.243 e. The number of anilines is 2. The highest BCUT2D eigenvalue weighted by Gasteiger charge is 2.22. The summed E-state index contributed by atoms with van der Waals surface area (Å²) >= 11 is 6.26. The Hall–Kier alpha value is -2.78. The minimum Gasteiger partial charge on any atom is -0.497 e. The lowest BCUT2D eigenvalue weighted by Crippen LogP contribution is -2.39. The number of nitrogens with one attached hydrogen (secondary N) is 3. The molecule has 2 aromatic rings. The Balaban J connectivity index is 1.66. The van der Waals surface area contributed by atoms with Crippen LogP contribution in [0.1, 0.15) is 24.0 Å². The number of carbonyl (C=O) groups excluding carboxylic acids is 1. The number of amides is 1. The lowest BCUT2D eigenvalue weighted by atomic mass is 10.0. The molecule has 1 aromatic heterocycles. The normalized spacial score (nSPS) is 15.9. The van der Waals surface area contributed by atoms with E-state index in [4.69, 9.17) is 25.8 Å². The molecule has 30 heavy (non-hydrogen) atoms. The molecule has 1 saturated heterocycles. The van der Waals surface area contributed by atoms with Crippen molar-refractivity contribution in [1.29, 1.82) is 0 Å². The molecule has 10 heteroatoms. The molecule has 1 aliphatic rings. The first-order valence-corrected chi connectivity index (χ1v) is 10.0. The third-order valence-corrected chi connectivity index (χ3v) is 5.22. The molecule has 0 spiro atoms. The second-order valence-corrected chi connectivity index (χ2v) is 7.23. The highest BCUT2D eigenvalue weighted by Crippen LogP contribution is 2.26. The summed E-state index contributed by atoms with van der Waals surface area (Å²) in [5, 5.41) is 3.42. The number of carbonyl (C=O) groups is 1. The van der Waals surface area contributed by atoms with Crippen LogP contribution < -0.4 is 25.6 Å². The van der Waals surface area contributed by atoms with E-state index in [0.717, 1.165) is 18.4 Å². The predicted octanol–water partition coefficient (Wildman–Crippen LogP) is 2.94. The van der Waals surface area contributed by atoms with Gasteiger partial charge >= 0.3 is 0 Å². The van der Waals surface area contributed by atoms with Crippen LogP contribution in [0.15, 0.2) is 18.2 Å². The second-order valence-electron chi connectivity index (χ2n) is 6.87. The largest absolute Gasteiger partial charge is 0.497 e. The van der Waals surface area contributed by atoms with Crippen LogP contribution in [0.25, 0.3) is 0 Å². The van der Waals surface area contributed by atoms with Crippen LogP contribution in [-0.4, -0.2) is 43.3 Å². The Morgan fingerprint density at radius 2 is 2.13 bits per heavy atom. The van der Waals surface area contributed by atoms with Gasteiger partial charge in [-0.05, 0) is 31.9 Å². The molecular weight excluding hydrogens is 410 g/mol. The van der Waals surface area contributed by atoms with Gasteiger partial charge in [0, 0.05) is 30.3 Å². The van der Waals surface area contributed by atoms with E-state index >= 15 is 0 Å². The lowest BCUT2D eigenvalue weighted by molar-refractivity contribution is -0.128. The lowest BCUT2D eigenvalue weighted by Gasteiger charge is -2.22. The molecule has 1 atom stereocenters. The fourth-order valence-electron chi connectivity index (χ4n) is 3.03. The van der Waals surface area contributed by atoms with Crippen molar-refractivity contribution in [1.82, 2.24) is 15.4 Å². The predicted molar refractivity (Wildman–Crippen MR) is 114 cm³/mol. The average Bonchev–Trinajstić information content (AvgIpc) is 2.79. The molecule has 1 aliphatic heterocycles. The van der Waals surface area contributed by atoms with Crippen LogP contribution in [0.4, 0.5) is 11.8 Å². The molecule has 0 unspecified atom stereocenters. The van der Waals surface area contributed by atoms with E-state index in [-0.39, 0.29) is 17.0 Å². The summed E-state index contributed by atoms with van der Waals surface area (Å²) in [4.78, 5) is 21.0. The van der Waals surface area contributed by atoms with E-state index < -0.39 is 0 Å². The van der Waals surface area contributed by atoms with Crippen molar-refractivity contribution >= 4 is 29.3 Å². The Bertz CT molecular complexity index is 890. The van der Waals surface area contributed by atoms with Crippen molar-refractivity contribution in [3.63, 3.8) is 0 Å². The zero-order valence-electron chi connectivity index (χ0n) is 17.3. The summed E-state index contributed by atoms with van der Waals surface area (Å²) in [5.41, 5.74) is 7.07. The van der Waals surface area contributed by atoms with Crippen LogP contribution in [0.3, 0.4) is 0 Å². The maximum atomic E-state index is 12.3. The molecule has 2 heterocycles. The van der Waals surface area contributed by atoms with Gasteiger partial charge in [-0.3, -0.25) is 15.6 Å². The van der Waals surface area contributed by atoms with Crippen molar-refractivity contribution < 1.29 is 19.0 Å².